The van der Waals surface area contributed by atoms with E-state index < -0.39 is 10.0 Å². The van der Waals surface area contributed by atoms with Gasteiger partial charge < -0.3 is 9.84 Å². The van der Waals surface area contributed by atoms with Crippen molar-refractivity contribution in [2.75, 3.05) is 10.0 Å². The van der Waals surface area contributed by atoms with Crippen LogP contribution in [0.1, 0.15) is 37.8 Å². The molecule has 1 aromatic heterocycles. The number of benzene rings is 2. The van der Waals surface area contributed by atoms with Gasteiger partial charge in [-0.15, -0.1) is 0 Å². The molecule has 0 unspecified atom stereocenters. The minimum atomic E-state index is -3.76. The van der Waals surface area contributed by atoms with Gasteiger partial charge >= 0.3 is 0 Å². The highest BCUT2D eigenvalue weighted by molar-refractivity contribution is 7.92. The largest absolute Gasteiger partial charge is 0.360 e. The maximum absolute atomic E-state index is 12.6. The molecule has 0 spiro atoms. The van der Waals surface area contributed by atoms with E-state index in [4.69, 9.17) is 4.52 Å². The standard InChI is InChI=1S/C21H25N3O3S/c1-14-20(15(2)27-23-14)28(25,26)24-17-12-10-16(11-13-17)22-19-9-7-6-8-18(19)21(3,4)5/h6-13,22,24H,1-5H3. The number of sulfonamides is 1. The predicted molar refractivity (Wildman–Crippen MR) is 112 cm³/mol. The van der Waals surface area contributed by atoms with Crippen molar-refractivity contribution < 1.29 is 12.9 Å². The van der Waals surface area contributed by atoms with Gasteiger partial charge in [0, 0.05) is 17.1 Å². The first-order valence-electron chi connectivity index (χ1n) is 9.00. The first kappa shape index (κ1) is 19.9. The molecule has 6 nitrogen and oxygen atoms in total. The lowest BCUT2D eigenvalue weighted by Gasteiger charge is -2.23. The Labute approximate surface area is 166 Å². The second kappa shape index (κ2) is 7.31. The number of hydrogen-bond acceptors (Lipinski definition) is 5. The summed E-state index contributed by atoms with van der Waals surface area (Å²) in [4.78, 5) is 0.0776. The van der Waals surface area contributed by atoms with Crippen LogP contribution in [-0.4, -0.2) is 13.6 Å². The Morgan fingerprint density at radius 1 is 0.929 bits per heavy atom. The van der Waals surface area contributed by atoms with Crippen LogP contribution < -0.4 is 10.0 Å². The summed E-state index contributed by atoms with van der Waals surface area (Å²) >= 11 is 0. The van der Waals surface area contributed by atoms with Crippen molar-refractivity contribution in [2.24, 2.45) is 0 Å². The minimum absolute atomic E-state index is 0.00746. The van der Waals surface area contributed by atoms with Crippen LogP contribution in [0.4, 0.5) is 17.1 Å². The fourth-order valence-corrected chi connectivity index (χ4v) is 4.48. The highest BCUT2D eigenvalue weighted by Gasteiger charge is 2.24. The van der Waals surface area contributed by atoms with Crippen molar-refractivity contribution in [1.82, 2.24) is 5.16 Å². The minimum Gasteiger partial charge on any atom is -0.360 e. The number of para-hydroxylation sites is 1. The molecule has 0 saturated heterocycles. The second-order valence-corrected chi connectivity index (χ2v) is 9.38. The topological polar surface area (TPSA) is 84.2 Å². The Bertz CT molecular complexity index is 1060. The van der Waals surface area contributed by atoms with Crippen molar-refractivity contribution >= 4 is 27.1 Å². The number of anilines is 3. The Balaban J connectivity index is 1.80. The van der Waals surface area contributed by atoms with E-state index in [9.17, 15) is 8.42 Å². The highest BCUT2D eigenvalue weighted by atomic mass is 32.2. The molecule has 0 radical (unpaired) electrons. The number of aryl methyl sites for hydroxylation is 2. The summed E-state index contributed by atoms with van der Waals surface area (Å²) in [5.41, 5.74) is 3.92. The molecule has 0 atom stereocenters. The van der Waals surface area contributed by atoms with Gasteiger partial charge in [-0.3, -0.25) is 4.72 Å². The normalized spacial score (nSPS) is 12.0. The average molecular weight is 400 g/mol. The second-order valence-electron chi connectivity index (χ2n) is 7.76. The van der Waals surface area contributed by atoms with E-state index in [2.05, 4.69) is 42.0 Å². The molecule has 2 aromatic carbocycles. The third-order valence-electron chi connectivity index (χ3n) is 4.39. The monoisotopic (exact) mass is 399 g/mol. The Kier molecular flexibility index (Phi) is 5.21. The Morgan fingerprint density at radius 2 is 1.54 bits per heavy atom. The van der Waals surface area contributed by atoms with E-state index in [1.54, 1.807) is 26.0 Å². The maximum Gasteiger partial charge on any atom is 0.267 e. The first-order chi connectivity index (χ1) is 13.1. The quantitative estimate of drug-likeness (QED) is 0.621. The van der Waals surface area contributed by atoms with E-state index in [0.29, 0.717) is 11.4 Å². The molecule has 28 heavy (non-hydrogen) atoms. The SMILES string of the molecule is Cc1noc(C)c1S(=O)(=O)Nc1ccc(Nc2ccccc2C(C)(C)C)cc1. The lowest BCUT2D eigenvalue weighted by molar-refractivity contribution is 0.390. The number of nitrogens with one attached hydrogen (secondary N) is 2. The van der Waals surface area contributed by atoms with E-state index in [1.165, 1.54) is 5.56 Å². The van der Waals surface area contributed by atoms with Crippen LogP contribution in [0.15, 0.2) is 57.9 Å². The summed E-state index contributed by atoms with van der Waals surface area (Å²) in [6.07, 6.45) is 0. The van der Waals surface area contributed by atoms with Gasteiger partial charge in [0.25, 0.3) is 10.0 Å². The van der Waals surface area contributed by atoms with Crippen LogP contribution in [0.3, 0.4) is 0 Å². The van der Waals surface area contributed by atoms with Crippen LogP contribution in [0.2, 0.25) is 0 Å². The lowest BCUT2D eigenvalue weighted by atomic mass is 9.86. The van der Waals surface area contributed by atoms with Crippen LogP contribution in [0, 0.1) is 13.8 Å². The smallest absolute Gasteiger partial charge is 0.267 e. The Morgan fingerprint density at radius 3 is 2.11 bits per heavy atom. The average Bonchev–Trinajstić information content (AvgIpc) is 2.95. The molecule has 7 heteroatoms. The van der Waals surface area contributed by atoms with Gasteiger partial charge in [-0.1, -0.05) is 44.1 Å². The van der Waals surface area contributed by atoms with Gasteiger partial charge in [-0.2, -0.15) is 0 Å². The van der Waals surface area contributed by atoms with Crippen LogP contribution in [0.25, 0.3) is 0 Å². The van der Waals surface area contributed by atoms with Crippen molar-refractivity contribution in [3.8, 4) is 0 Å². The molecule has 0 aliphatic heterocycles. The molecular weight excluding hydrogens is 374 g/mol. The zero-order chi connectivity index (χ0) is 20.5. The van der Waals surface area contributed by atoms with Crippen molar-refractivity contribution in [3.05, 3.63) is 65.5 Å². The summed E-state index contributed by atoms with van der Waals surface area (Å²) in [5, 5.41) is 7.12. The van der Waals surface area contributed by atoms with Gasteiger partial charge in [-0.25, -0.2) is 8.42 Å². The number of nitrogens with zero attached hydrogens (tertiary/aromatic N) is 1. The van der Waals surface area contributed by atoms with Gasteiger partial charge in [-0.05, 0) is 55.2 Å². The fraction of sp³-hybridized carbons (Fsp3) is 0.286. The molecule has 3 rings (SSSR count). The molecule has 0 amide bonds. The molecule has 0 bridgehead atoms. The van der Waals surface area contributed by atoms with E-state index >= 15 is 0 Å². The molecule has 1 heterocycles. The van der Waals surface area contributed by atoms with Crippen molar-refractivity contribution in [3.63, 3.8) is 0 Å². The summed E-state index contributed by atoms with van der Waals surface area (Å²) < 4.78 is 32.8. The van der Waals surface area contributed by atoms with Crippen LogP contribution in [-0.2, 0) is 15.4 Å². The van der Waals surface area contributed by atoms with Gasteiger partial charge in [0.15, 0.2) is 10.7 Å². The van der Waals surface area contributed by atoms with E-state index in [0.717, 1.165) is 11.4 Å². The number of rotatable bonds is 5. The Hall–Kier alpha value is -2.80. The fourth-order valence-electron chi connectivity index (χ4n) is 3.09. The van der Waals surface area contributed by atoms with Crippen molar-refractivity contribution in [2.45, 2.75) is 44.9 Å². The maximum atomic E-state index is 12.6. The predicted octanol–water partition coefficient (Wildman–Crippen LogP) is 5.13. The van der Waals surface area contributed by atoms with Crippen molar-refractivity contribution in [1.29, 1.82) is 0 Å². The lowest BCUT2D eigenvalue weighted by Crippen LogP contribution is -2.14. The molecule has 0 fully saturated rings. The number of aromatic nitrogens is 1. The summed E-state index contributed by atoms with van der Waals surface area (Å²) in [5.74, 6) is 0.266. The third-order valence-corrected chi connectivity index (χ3v) is 6.01. The molecule has 3 aromatic rings. The molecule has 0 saturated carbocycles. The molecule has 148 valence electrons. The van der Waals surface area contributed by atoms with Crippen LogP contribution in [0.5, 0.6) is 0 Å². The first-order valence-corrected chi connectivity index (χ1v) is 10.5. The third kappa shape index (κ3) is 4.20. The number of hydrogen-bond donors (Lipinski definition) is 2. The van der Waals surface area contributed by atoms with Gasteiger partial charge in [0.1, 0.15) is 5.69 Å². The summed E-state index contributed by atoms with van der Waals surface area (Å²) in [7, 11) is -3.76. The summed E-state index contributed by atoms with van der Waals surface area (Å²) in [6.45, 7) is 9.68. The highest BCUT2D eigenvalue weighted by Crippen LogP contribution is 2.31. The summed E-state index contributed by atoms with van der Waals surface area (Å²) in [6, 6.07) is 15.3. The van der Waals surface area contributed by atoms with Crippen LogP contribution >= 0.6 is 0 Å². The molecule has 2 N–H and O–H groups in total. The van der Waals surface area contributed by atoms with Gasteiger partial charge in [0.05, 0.1) is 0 Å². The zero-order valence-electron chi connectivity index (χ0n) is 16.7. The van der Waals surface area contributed by atoms with Gasteiger partial charge in [0.2, 0.25) is 0 Å². The molecule has 0 aliphatic rings. The van der Waals surface area contributed by atoms with E-state index in [1.807, 2.05) is 30.3 Å². The van der Waals surface area contributed by atoms with E-state index in [-0.39, 0.29) is 16.1 Å². The molecular formula is C21H25N3O3S. The molecule has 0 aliphatic carbocycles. The zero-order valence-corrected chi connectivity index (χ0v) is 17.5.